The van der Waals surface area contributed by atoms with Crippen LogP contribution in [0.15, 0.2) is 23.1 Å². The number of hydrogen-bond acceptors (Lipinski definition) is 4. The fourth-order valence-corrected chi connectivity index (χ4v) is 2.82. The SMILES string of the molecule is COc1cccc(B2OC(C)(C)C(C)(C)O2)c1SC. The molecule has 0 aliphatic carbocycles. The van der Waals surface area contributed by atoms with Gasteiger partial charge in [0.25, 0.3) is 0 Å². The second-order valence-electron chi connectivity index (χ2n) is 5.67. The summed E-state index contributed by atoms with van der Waals surface area (Å²) in [6, 6.07) is 5.97. The molecule has 5 heteroatoms. The highest BCUT2D eigenvalue weighted by Crippen LogP contribution is 2.38. The van der Waals surface area contributed by atoms with Gasteiger partial charge in [0.2, 0.25) is 0 Å². The first-order valence-electron chi connectivity index (χ1n) is 6.39. The molecule has 1 fully saturated rings. The smallest absolute Gasteiger partial charge is 0.496 e. The summed E-state index contributed by atoms with van der Waals surface area (Å²) in [6.07, 6.45) is 2.03. The van der Waals surface area contributed by atoms with Crippen LogP contribution in [-0.2, 0) is 9.31 Å². The van der Waals surface area contributed by atoms with E-state index in [2.05, 4.69) is 27.7 Å². The van der Waals surface area contributed by atoms with Gasteiger partial charge in [-0.25, -0.2) is 0 Å². The summed E-state index contributed by atoms with van der Waals surface area (Å²) in [5.74, 6) is 0.861. The van der Waals surface area contributed by atoms with Gasteiger partial charge in [-0.05, 0) is 45.5 Å². The van der Waals surface area contributed by atoms with Gasteiger partial charge in [-0.1, -0.05) is 12.1 Å². The molecule has 3 nitrogen and oxygen atoms in total. The van der Waals surface area contributed by atoms with Gasteiger partial charge in [-0.2, -0.15) is 0 Å². The summed E-state index contributed by atoms with van der Waals surface area (Å²) < 4.78 is 17.6. The van der Waals surface area contributed by atoms with Gasteiger partial charge in [-0.3, -0.25) is 0 Å². The molecule has 0 bridgehead atoms. The summed E-state index contributed by atoms with van der Waals surface area (Å²) in [5, 5.41) is 0. The molecule has 19 heavy (non-hydrogen) atoms. The second-order valence-corrected chi connectivity index (χ2v) is 6.49. The van der Waals surface area contributed by atoms with Crippen LogP contribution in [-0.4, -0.2) is 31.7 Å². The normalized spacial score (nSPS) is 20.6. The van der Waals surface area contributed by atoms with Gasteiger partial charge in [0, 0.05) is 4.90 Å². The van der Waals surface area contributed by atoms with Crippen molar-refractivity contribution in [3.8, 4) is 5.75 Å². The Morgan fingerprint density at radius 3 is 2.16 bits per heavy atom. The lowest BCUT2D eigenvalue weighted by Crippen LogP contribution is -2.41. The molecule has 0 spiro atoms. The van der Waals surface area contributed by atoms with Crippen molar-refractivity contribution in [3.63, 3.8) is 0 Å². The highest BCUT2D eigenvalue weighted by atomic mass is 32.2. The van der Waals surface area contributed by atoms with Crippen LogP contribution < -0.4 is 10.2 Å². The minimum atomic E-state index is -0.345. The topological polar surface area (TPSA) is 27.7 Å². The number of methoxy groups -OCH3 is 1. The number of hydrogen-bond donors (Lipinski definition) is 0. The molecule has 1 aliphatic heterocycles. The predicted molar refractivity (Wildman–Crippen MR) is 80.5 cm³/mol. The minimum absolute atomic E-state index is 0.323. The van der Waals surface area contributed by atoms with E-state index in [9.17, 15) is 0 Å². The Bertz CT molecular complexity index is 458. The third-order valence-corrected chi connectivity index (χ3v) is 4.79. The van der Waals surface area contributed by atoms with Crippen LogP contribution >= 0.6 is 11.8 Å². The molecular formula is C14H21BO3S. The van der Waals surface area contributed by atoms with E-state index in [4.69, 9.17) is 14.0 Å². The van der Waals surface area contributed by atoms with Crippen LogP contribution in [0.3, 0.4) is 0 Å². The van der Waals surface area contributed by atoms with Crippen molar-refractivity contribution in [2.75, 3.05) is 13.4 Å². The van der Waals surface area contributed by atoms with E-state index in [1.807, 2.05) is 24.5 Å². The summed E-state index contributed by atoms with van der Waals surface area (Å²) in [7, 11) is 1.34. The number of ether oxygens (including phenoxy) is 1. The predicted octanol–water partition coefficient (Wildman–Crippen LogP) is 2.72. The van der Waals surface area contributed by atoms with Crippen LogP contribution in [0.4, 0.5) is 0 Å². The molecule has 0 saturated carbocycles. The van der Waals surface area contributed by atoms with Crippen molar-refractivity contribution in [3.05, 3.63) is 18.2 Å². The molecule has 0 aromatic heterocycles. The van der Waals surface area contributed by atoms with Crippen molar-refractivity contribution in [1.29, 1.82) is 0 Å². The van der Waals surface area contributed by atoms with E-state index in [0.29, 0.717) is 0 Å². The van der Waals surface area contributed by atoms with Gasteiger partial charge in [-0.15, -0.1) is 11.8 Å². The maximum atomic E-state index is 6.10. The molecule has 0 N–H and O–H groups in total. The van der Waals surface area contributed by atoms with Crippen molar-refractivity contribution < 1.29 is 14.0 Å². The molecule has 104 valence electrons. The van der Waals surface area contributed by atoms with E-state index >= 15 is 0 Å². The van der Waals surface area contributed by atoms with Crippen LogP contribution in [0.5, 0.6) is 5.75 Å². The van der Waals surface area contributed by atoms with Gasteiger partial charge in [0.15, 0.2) is 0 Å². The van der Waals surface area contributed by atoms with Gasteiger partial charge in [0.1, 0.15) is 5.75 Å². The first kappa shape index (κ1) is 14.8. The van der Waals surface area contributed by atoms with Crippen molar-refractivity contribution in [2.45, 2.75) is 43.8 Å². The van der Waals surface area contributed by atoms with Gasteiger partial charge < -0.3 is 14.0 Å². The summed E-state index contributed by atoms with van der Waals surface area (Å²) >= 11 is 1.65. The lowest BCUT2D eigenvalue weighted by atomic mass is 9.79. The van der Waals surface area contributed by atoms with E-state index in [-0.39, 0.29) is 18.3 Å². The van der Waals surface area contributed by atoms with Gasteiger partial charge >= 0.3 is 7.12 Å². The highest BCUT2D eigenvalue weighted by Gasteiger charge is 2.52. The monoisotopic (exact) mass is 280 g/mol. The Balaban J connectivity index is 2.39. The first-order valence-corrected chi connectivity index (χ1v) is 7.61. The highest BCUT2D eigenvalue weighted by molar-refractivity contribution is 7.99. The Morgan fingerprint density at radius 2 is 1.68 bits per heavy atom. The maximum Gasteiger partial charge on any atom is 0.496 e. The molecule has 0 radical (unpaired) electrons. The Labute approximate surface area is 120 Å². The summed E-state index contributed by atoms with van der Waals surface area (Å²) in [4.78, 5) is 1.07. The Kier molecular flexibility index (Phi) is 3.91. The van der Waals surface area contributed by atoms with E-state index in [1.54, 1.807) is 18.9 Å². The van der Waals surface area contributed by atoms with Crippen LogP contribution in [0.25, 0.3) is 0 Å². The number of thioether (sulfide) groups is 1. The lowest BCUT2D eigenvalue weighted by Gasteiger charge is -2.32. The second kappa shape index (κ2) is 5.04. The Morgan fingerprint density at radius 1 is 1.11 bits per heavy atom. The van der Waals surface area contributed by atoms with Crippen molar-refractivity contribution in [2.24, 2.45) is 0 Å². The first-order chi connectivity index (χ1) is 8.82. The molecular weight excluding hydrogens is 259 g/mol. The summed E-state index contributed by atoms with van der Waals surface area (Å²) in [6.45, 7) is 8.25. The lowest BCUT2D eigenvalue weighted by molar-refractivity contribution is 0.00578. The minimum Gasteiger partial charge on any atom is -0.496 e. The van der Waals surface area contributed by atoms with E-state index in [0.717, 1.165) is 16.1 Å². The molecule has 1 saturated heterocycles. The zero-order valence-corrected chi connectivity index (χ0v) is 13.3. The molecule has 0 amide bonds. The molecule has 0 unspecified atom stereocenters. The van der Waals surface area contributed by atoms with Crippen molar-refractivity contribution in [1.82, 2.24) is 0 Å². The Hall–Kier alpha value is -0.645. The van der Waals surface area contributed by atoms with E-state index in [1.165, 1.54) is 0 Å². The standard InChI is InChI=1S/C14H21BO3S/c1-13(2)14(3,4)18-15(17-13)10-8-7-9-11(16-5)12(10)19-6/h7-9H,1-6H3. The maximum absolute atomic E-state index is 6.10. The third-order valence-electron chi connectivity index (χ3n) is 3.94. The summed E-state index contributed by atoms with van der Waals surface area (Å²) in [5.41, 5.74) is 0.387. The van der Waals surface area contributed by atoms with Crippen molar-refractivity contribution >= 4 is 24.3 Å². The number of benzene rings is 1. The average molecular weight is 280 g/mol. The fraction of sp³-hybridized carbons (Fsp3) is 0.571. The van der Waals surface area contributed by atoms with Gasteiger partial charge in [0.05, 0.1) is 18.3 Å². The third kappa shape index (κ3) is 2.51. The van der Waals surface area contributed by atoms with Crippen LogP contribution in [0.1, 0.15) is 27.7 Å². The van der Waals surface area contributed by atoms with E-state index < -0.39 is 0 Å². The zero-order chi connectivity index (χ0) is 14.3. The molecule has 1 aromatic carbocycles. The molecule has 1 aliphatic rings. The molecule has 1 heterocycles. The van der Waals surface area contributed by atoms with Crippen LogP contribution in [0, 0.1) is 0 Å². The largest absolute Gasteiger partial charge is 0.496 e. The molecule has 0 atom stereocenters. The number of rotatable bonds is 3. The van der Waals surface area contributed by atoms with Crippen LogP contribution in [0.2, 0.25) is 0 Å². The zero-order valence-electron chi connectivity index (χ0n) is 12.4. The quantitative estimate of drug-likeness (QED) is 0.628. The fourth-order valence-electron chi connectivity index (χ4n) is 2.07. The molecule has 2 rings (SSSR count). The molecule has 1 aromatic rings. The average Bonchev–Trinajstić information content (AvgIpc) is 2.57.